The molecule has 19 heavy (non-hydrogen) atoms. The summed E-state index contributed by atoms with van der Waals surface area (Å²) in [7, 11) is 0. The van der Waals surface area contributed by atoms with Gasteiger partial charge in [0.15, 0.2) is 0 Å². The fraction of sp³-hybridized carbons (Fsp3) is 0.929. The molecule has 0 aromatic heterocycles. The van der Waals surface area contributed by atoms with E-state index in [4.69, 9.17) is 0 Å². The zero-order valence-electron chi connectivity index (χ0n) is 11.4. The molecule has 4 nitrogen and oxygen atoms in total. The van der Waals surface area contributed by atoms with Gasteiger partial charge in [-0.2, -0.15) is 0 Å². The van der Waals surface area contributed by atoms with E-state index >= 15 is 0 Å². The number of β-amino-alcohol motifs (C(OH)–C–C–N with tert-alkyl or cyclic N) is 1. The molecule has 0 radical (unpaired) electrons. The van der Waals surface area contributed by atoms with Gasteiger partial charge in [-0.15, -0.1) is 12.4 Å². The maximum absolute atomic E-state index is 12.4. The third-order valence-corrected chi connectivity index (χ3v) is 5.07. The minimum Gasteiger partial charge on any atom is -0.392 e. The van der Waals surface area contributed by atoms with Crippen LogP contribution in [0.5, 0.6) is 0 Å². The molecule has 1 spiro atoms. The van der Waals surface area contributed by atoms with Gasteiger partial charge in [0, 0.05) is 19.6 Å². The second kappa shape index (κ2) is 5.98. The Hall–Kier alpha value is -0.320. The average Bonchev–Trinajstić information content (AvgIpc) is 2.97. The summed E-state index contributed by atoms with van der Waals surface area (Å²) < 4.78 is 0. The summed E-state index contributed by atoms with van der Waals surface area (Å²) in [6.45, 7) is 2.45. The number of halogens is 1. The van der Waals surface area contributed by atoms with Crippen molar-refractivity contribution in [2.75, 3.05) is 19.6 Å². The molecule has 2 atom stereocenters. The molecule has 3 rings (SSSR count). The minimum absolute atomic E-state index is 0. The molecule has 0 aromatic rings. The second-order valence-electron chi connectivity index (χ2n) is 6.42. The predicted octanol–water partition coefficient (Wildman–Crippen LogP) is 1.31. The molecule has 3 fully saturated rings. The summed E-state index contributed by atoms with van der Waals surface area (Å²) >= 11 is 0. The van der Waals surface area contributed by atoms with Gasteiger partial charge in [0.05, 0.1) is 12.1 Å². The lowest BCUT2D eigenvalue weighted by molar-refractivity contribution is -0.132. The Bertz CT molecular complexity index is 331. The van der Waals surface area contributed by atoms with Crippen LogP contribution in [-0.4, -0.2) is 47.7 Å². The highest BCUT2D eigenvalue weighted by Crippen LogP contribution is 2.43. The van der Waals surface area contributed by atoms with E-state index in [1.165, 1.54) is 38.5 Å². The first-order chi connectivity index (χ1) is 8.69. The molecule has 110 valence electrons. The van der Waals surface area contributed by atoms with Crippen LogP contribution < -0.4 is 5.32 Å². The third-order valence-electron chi connectivity index (χ3n) is 5.07. The molecule has 2 N–H and O–H groups in total. The van der Waals surface area contributed by atoms with Gasteiger partial charge in [0.25, 0.3) is 0 Å². The maximum atomic E-state index is 12.4. The summed E-state index contributed by atoms with van der Waals surface area (Å²) in [6.07, 6.45) is 8.08. The Kier molecular flexibility index (Phi) is 4.75. The number of nitrogens with zero attached hydrogens (tertiary/aromatic N) is 1. The number of nitrogens with one attached hydrogen (secondary N) is 1. The quantitative estimate of drug-likeness (QED) is 0.765. The Labute approximate surface area is 121 Å². The summed E-state index contributed by atoms with van der Waals surface area (Å²) in [6, 6.07) is -0.140. The van der Waals surface area contributed by atoms with Crippen molar-refractivity contribution in [1.29, 1.82) is 0 Å². The zero-order valence-corrected chi connectivity index (χ0v) is 12.3. The van der Waals surface area contributed by atoms with Crippen molar-refractivity contribution >= 4 is 18.3 Å². The van der Waals surface area contributed by atoms with Crippen molar-refractivity contribution < 1.29 is 9.90 Å². The van der Waals surface area contributed by atoms with Crippen LogP contribution in [0.1, 0.15) is 44.9 Å². The van der Waals surface area contributed by atoms with Crippen LogP contribution in [0.2, 0.25) is 0 Å². The van der Waals surface area contributed by atoms with Crippen LogP contribution in [0, 0.1) is 5.41 Å². The van der Waals surface area contributed by atoms with Gasteiger partial charge in [-0.3, -0.25) is 4.79 Å². The van der Waals surface area contributed by atoms with Gasteiger partial charge >= 0.3 is 0 Å². The maximum Gasteiger partial charge on any atom is 0.239 e. The Balaban J connectivity index is 0.00000133. The predicted molar refractivity (Wildman–Crippen MR) is 76.4 cm³/mol. The van der Waals surface area contributed by atoms with E-state index in [0.29, 0.717) is 18.4 Å². The van der Waals surface area contributed by atoms with Crippen molar-refractivity contribution in [3.8, 4) is 0 Å². The third kappa shape index (κ3) is 3.06. The number of carbonyl (C=O) groups excluding carboxylic acids is 1. The van der Waals surface area contributed by atoms with Gasteiger partial charge in [0.2, 0.25) is 5.91 Å². The first-order valence-corrected chi connectivity index (χ1v) is 7.39. The molecule has 3 aliphatic rings. The molecule has 2 aliphatic heterocycles. The van der Waals surface area contributed by atoms with E-state index in [0.717, 1.165) is 13.1 Å². The number of rotatable bonds is 1. The lowest BCUT2D eigenvalue weighted by atomic mass is 9.73. The molecule has 0 aromatic carbocycles. The highest BCUT2D eigenvalue weighted by molar-refractivity contribution is 5.85. The molecular formula is C14H25ClN2O2. The van der Waals surface area contributed by atoms with Crippen molar-refractivity contribution in [3.63, 3.8) is 0 Å². The second-order valence-corrected chi connectivity index (χ2v) is 6.42. The van der Waals surface area contributed by atoms with Gasteiger partial charge in [-0.05, 0) is 31.1 Å². The van der Waals surface area contributed by atoms with E-state index < -0.39 is 0 Å². The van der Waals surface area contributed by atoms with E-state index in [9.17, 15) is 9.90 Å². The van der Waals surface area contributed by atoms with Crippen molar-refractivity contribution in [1.82, 2.24) is 10.2 Å². The molecule has 2 heterocycles. The van der Waals surface area contributed by atoms with Gasteiger partial charge in [-0.25, -0.2) is 0 Å². The molecule has 2 saturated heterocycles. The van der Waals surface area contributed by atoms with Crippen molar-refractivity contribution in [2.24, 2.45) is 5.41 Å². The minimum atomic E-state index is -0.342. The van der Waals surface area contributed by atoms with E-state index in [-0.39, 0.29) is 30.5 Å². The molecule has 1 aliphatic carbocycles. The standard InChI is InChI=1S/C14H24N2O2.ClH/c17-11-8-12(15-9-11)13(18)16-7-6-14(10-16)4-2-1-3-5-14;/h11-12,15,17H,1-10H2;1H. The highest BCUT2D eigenvalue weighted by atomic mass is 35.5. The smallest absolute Gasteiger partial charge is 0.239 e. The highest BCUT2D eigenvalue weighted by Gasteiger charge is 2.42. The average molecular weight is 289 g/mol. The normalized spacial score (nSPS) is 33.4. The van der Waals surface area contributed by atoms with Gasteiger partial charge in [-0.1, -0.05) is 19.3 Å². The number of hydrogen-bond acceptors (Lipinski definition) is 3. The fourth-order valence-corrected chi connectivity index (χ4v) is 3.96. The Morgan fingerprint density at radius 1 is 1.21 bits per heavy atom. The van der Waals surface area contributed by atoms with E-state index in [1.807, 2.05) is 4.90 Å². The van der Waals surface area contributed by atoms with Crippen LogP contribution in [0.15, 0.2) is 0 Å². The van der Waals surface area contributed by atoms with Crippen LogP contribution in [0.3, 0.4) is 0 Å². The van der Waals surface area contributed by atoms with Crippen LogP contribution in [-0.2, 0) is 4.79 Å². The number of aliphatic hydroxyl groups excluding tert-OH is 1. The number of amides is 1. The zero-order chi connectivity index (χ0) is 12.6. The molecule has 1 saturated carbocycles. The molecule has 1 amide bonds. The van der Waals surface area contributed by atoms with Crippen LogP contribution in [0.25, 0.3) is 0 Å². The first-order valence-electron chi connectivity index (χ1n) is 7.39. The summed E-state index contributed by atoms with van der Waals surface area (Å²) in [5, 5.41) is 12.6. The lowest BCUT2D eigenvalue weighted by Gasteiger charge is -2.33. The Morgan fingerprint density at radius 3 is 2.58 bits per heavy atom. The number of carbonyl (C=O) groups is 1. The summed E-state index contributed by atoms with van der Waals surface area (Å²) in [5.41, 5.74) is 0.436. The molecule has 2 unspecified atom stereocenters. The largest absolute Gasteiger partial charge is 0.392 e. The van der Waals surface area contributed by atoms with Crippen molar-refractivity contribution in [3.05, 3.63) is 0 Å². The fourth-order valence-electron chi connectivity index (χ4n) is 3.96. The number of aliphatic hydroxyl groups is 1. The molecule has 0 bridgehead atoms. The van der Waals surface area contributed by atoms with Crippen molar-refractivity contribution in [2.45, 2.75) is 57.1 Å². The SMILES string of the molecule is Cl.O=C(C1CC(O)CN1)N1CCC2(CCCCC2)C1. The number of likely N-dealkylation sites (tertiary alicyclic amines) is 1. The summed E-state index contributed by atoms with van der Waals surface area (Å²) in [4.78, 5) is 14.4. The first kappa shape index (κ1) is 15.1. The topological polar surface area (TPSA) is 52.6 Å². The number of hydrogen-bond donors (Lipinski definition) is 2. The Morgan fingerprint density at radius 2 is 1.95 bits per heavy atom. The van der Waals surface area contributed by atoms with Gasteiger partial charge < -0.3 is 15.3 Å². The lowest BCUT2D eigenvalue weighted by Crippen LogP contribution is -2.43. The monoisotopic (exact) mass is 288 g/mol. The van der Waals surface area contributed by atoms with Crippen LogP contribution >= 0.6 is 12.4 Å². The molecular weight excluding hydrogens is 264 g/mol. The van der Waals surface area contributed by atoms with Gasteiger partial charge in [0.1, 0.15) is 0 Å². The molecule has 5 heteroatoms. The van der Waals surface area contributed by atoms with E-state index in [1.54, 1.807) is 0 Å². The van der Waals surface area contributed by atoms with Crippen LogP contribution in [0.4, 0.5) is 0 Å². The van der Waals surface area contributed by atoms with E-state index in [2.05, 4.69) is 5.32 Å². The summed E-state index contributed by atoms with van der Waals surface area (Å²) in [5.74, 6) is 0.217.